The lowest BCUT2D eigenvalue weighted by Gasteiger charge is -2.20. The molecule has 1 heterocycles. The summed E-state index contributed by atoms with van der Waals surface area (Å²) in [7, 11) is 0. The fraction of sp³-hybridized carbons (Fsp3) is 0.455. The SMILES string of the molecule is Cc1cc(C)c2c(c1)SC(CO)(CO)S2. The van der Waals surface area contributed by atoms with Gasteiger partial charge in [0.05, 0.1) is 13.2 Å². The predicted molar refractivity (Wildman–Crippen MR) is 64.5 cm³/mol. The van der Waals surface area contributed by atoms with Gasteiger partial charge in [-0.25, -0.2) is 0 Å². The zero-order valence-electron chi connectivity index (χ0n) is 8.78. The van der Waals surface area contributed by atoms with Gasteiger partial charge in [-0.05, 0) is 31.0 Å². The largest absolute Gasteiger partial charge is 0.394 e. The van der Waals surface area contributed by atoms with Gasteiger partial charge in [0.1, 0.15) is 4.08 Å². The van der Waals surface area contributed by atoms with E-state index in [4.69, 9.17) is 0 Å². The third kappa shape index (κ3) is 1.91. The lowest BCUT2D eigenvalue weighted by atomic mass is 10.2. The number of aliphatic hydroxyl groups is 2. The van der Waals surface area contributed by atoms with Crippen LogP contribution in [0.25, 0.3) is 0 Å². The van der Waals surface area contributed by atoms with Crippen LogP contribution >= 0.6 is 23.5 Å². The lowest BCUT2D eigenvalue weighted by molar-refractivity contribution is 0.216. The van der Waals surface area contributed by atoms with E-state index >= 15 is 0 Å². The molecule has 1 aliphatic rings. The van der Waals surface area contributed by atoms with Crippen LogP contribution in [0.2, 0.25) is 0 Å². The summed E-state index contributed by atoms with van der Waals surface area (Å²) in [6.45, 7) is 4.12. The van der Waals surface area contributed by atoms with Crippen molar-refractivity contribution in [1.82, 2.24) is 0 Å². The molecule has 0 saturated heterocycles. The molecule has 1 aliphatic heterocycles. The molecule has 15 heavy (non-hydrogen) atoms. The van der Waals surface area contributed by atoms with Crippen LogP contribution in [0.15, 0.2) is 21.9 Å². The Morgan fingerprint density at radius 1 is 1.13 bits per heavy atom. The Morgan fingerprint density at radius 2 is 1.80 bits per heavy atom. The molecule has 1 aromatic rings. The molecule has 0 unspecified atom stereocenters. The maximum Gasteiger partial charge on any atom is 0.116 e. The fourth-order valence-corrected chi connectivity index (χ4v) is 4.55. The van der Waals surface area contributed by atoms with E-state index < -0.39 is 4.08 Å². The number of benzene rings is 1. The van der Waals surface area contributed by atoms with Crippen LogP contribution in [-0.4, -0.2) is 27.5 Å². The molecule has 0 aliphatic carbocycles. The van der Waals surface area contributed by atoms with E-state index in [1.807, 2.05) is 0 Å². The van der Waals surface area contributed by atoms with Gasteiger partial charge in [0.2, 0.25) is 0 Å². The molecule has 82 valence electrons. The third-order valence-corrected chi connectivity index (χ3v) is 5.63. The molecule has 1 aromatic carbocycles. The van der Waals surface area contributed by atoms with Gasteiger partial charge in [-0.3, -0.25) is 0 Å². The van der Waals surface area contributed by atoms with E-state index in [0.29, 0.717) is 0 Å². The summed E-state index contributed by atoms with van der Waals surface area (Å²) in [4.78, 5) is 2.38. The highest BCUT2D eigenvalue weighted by atomic mass is 32.2. The Hall–Kier alpha value is -0.160. The fourth-order valence-electron chi connectivity index (χ4n) is 1.71. The summed E-state index contributed by atoms with van der Waals surface area (Å²) < 4.78 is -0.485. The van der Waals surface area contributed by atoms with Crippen molar-refractivity contribution < 1.29 is 10.2 Å². The molecule has 0 spiro atoms. The highest BCUT2D eigenvalue weighted by Crippen LogP contribution is 2.56. The first-order valence-corrected chi connectivity index (χ1v) is 6.44. The smallest absolute Gasteiger partial charge is 0.116 e. The summed E-state index contributed by atoms with van der Waals surface area (Å²) in [5.41, 5.74) is 2.46. The van der Waals surface area contributed by atoms with Gasteiger partial charge in [0, 0.05) is 9.79 Å². The quantitative estimate of drug-likeness (QED) is 0.834. The highest BCUT2D eigenvalue weighted by Gasteiger charge is 2.39. The average Bonchev–Trinajstić information content (AvgIpc) is 2.58. The Balaban J connectivity index is 2.42. The van der Waals surface area contributed by atoms with Crippen molar-refractivity contribution in [2.75, 3.05) is 13.2 Å². The molecule has 0 amide bonds. The van der Waals surface area contributed by atoms with Crippen LogP contribution in [-0.2, 0) is 0 Å². The maximum absolute atomic E-state index is 9.35. The van der Waals surface area contributed by atoms with Crippen LogP contribution in [0.1, 0.15) is 11.1 Å². The van der Waals surface area contributed by atoms with Gasteiger partial charge in [-0.1, -0.05) is 6.07 Å². The van der Waals surface area contributed by atoms with Crippen molar-refractivity contribution in [1.29, 1.82) is 0 Å². The summed E-state index contributed by atoms with van der Waals surface area (Å²) in [6.07, 6.45) is 0. The predicted octanol–water partition coefficient (Wildman–Crippen LogP) is 2.18. The average molecular weight is 242 g/mol. The van der Waals surface area contributed by atoms with E-state index in [1.165, 1.54) is 20.9 Å². The summed E-state index contributed by atoms with van der Waals surface area (Å²) in [5, 5.41) is 18.7. The van der Waals surface area contributed by atoms with Crippen LogP contribution < -0.4 is 0 Å². The Kier molecular flexibility index (Phi) is 3.03. The van der Waals surface area contributed by atoms with Gasteiger partial charge in [-0.15, -0.1) is 23.5 Å². The summed E-state index contributed by atoms with van der Waals surface area (Å²) >= 11 is 3.16. The van der Waals surface area contributed by atoms with Crippen LogP contribution in [0, 0.1) is 13.8 Å². The van der Waals surface area contributed by atoms with Crippen molar-refractivity contribution >= 4 is 23.5 Å². The van der Waals surface area contributed by atoms with Crippen molar-refractivity contribution in [2.45, 2.75) is 27.7 Å². The van der Waals surface area contributed by atoms with E-state index in [1.54, 1.807) is 23.5 Å². The minimum Gasteiger partial charge on any atom is -0.394 e. The number of hydrogen-bond donors (Lipinski definition) is 2. The van der Waals surface area contributed by atoms with Crippen molar-refractivity contribution in [3.63, 3.8) is 0 Å². The van der Waals surface area contributed by atoms with E-state index in [9.17, 15) is 10.2 Å². The van der Waals surface area contributed by atoms with Gasteiger partial charge in [-0.2, -0.15) is 0 Å². The van der Waals surface area contributed by atoms with Gasteiger partial charge < -0.3 is 10.2 Å². The maximum atomic E-state index is 9.35. The molecule has 0 atom stereocenters. The molecule has 0 bridgehead atoms. The first-order chi connectivity index (χ1) is 7.10. The molecule has 2 nitrogen and oxygen atoms in total. The molecule has 4 heteroatoms. The lowest BCUT2D eigenvalue weighted by Crippen LogP contribution is -2.27. The minimum absolute atomic E-state index is 0.00794. The molecular weight excluding hydrogens is 228 g/mol. The second kappa shape index (κ2) is 4.01. The van der Waals surface area contributed by atoms with Crippen LogP contribution in [0.3, 0.4) is 0 Å². The molecule has 2 N–H and O–H groups in total. The number of thioether (sulfide) groups is 2. The highest BCUT2D eigenvalue weighted by molar-refractivity contribution is 8.20. The molecular formula is C11H14O2S2. The number of hydrogen-bond acceptors (Lipinski definition) is 4. The monoisotopic (exact) mass is 242 g/mol. The second-order valence-corrected chi connectivity index (χ2v) is 6.92. The molecule has 0 radical (unpaired) electrons. The normalized spacial score (nSPS) is 17.9. The van der Waals surface area contributed by atoms with Crippen molar-refractivity contribution in [2.24, 2.45) is 0 Å². The van der Waals surface area contributed by atoms with Crippen molar-refractivity contribution in [3.8, 4) is 0 Å². The van der Waals surface area contributed by atoms with E-state index in [2.05, 4.69) is 26.0 Å². The Morgan fingerprint density at radius 3 is 2.40 bits per heavy atom. The van der Waals surface area contributed by atoms with E-state index in [-0.39, 0.29) is 13.2 Å². The van der Waals surface area contributed by atoms with Crippen LogP contribution in [0.5, 0.6) is 0 Å². The Labute approximate surface area is 98.1 Å². The third-order valence-electron chi connectivity index (χ3n) is 2.45. The molecule has 2 rings (SSSR count). The minimum atomic E-state index is -0.485. The molecule has 0 fully saturated rings. The Bertz CT molecular complexity index is 386. The first-order valence-electron chi connectivity index (χ1n) is 4.81. The topological polar surface area (TPSA) is 40.5 Å². The first kappa shape index (κ1) is 11.3. The van der Waals surface area contributed by atoms with Gasteiger partial charge in [0.25, 0.3) is 0 Å². The second-order valence-electron chi connectivity index (χ2n) is 3.84. The van der Waals surface area contributed by atoms with Gasteiger partial charge >= 0.3 is 0 Å². The summed E-state index contributed by atoms with van der Waals surface area (Å²) in [5.74, 6) is 0. The zero-order chi connectivity index (χ0) is 11.1. The van der Waals surface area contributed by atoms with Crippen molar-refractivity contribution in [3.05, 3.63) is 23.3 Å². The number of rotatable bonds is 2. The number of aryl methyl sites for hydroxylation is 2. The zero-order valence-corrected chi connectivity index (χ0v) is 10.4. The number of aliphatic hydroxyl groups excluding tert-OH is 2. The van der Waals surface area contributed by atoms with Gasteiger partial charge in [0.15, 0.2) is 0 Å². The molecule has 0 saturated carbocycles. The van der Waals surface area contributed by atoms with Crippen LogP contribution in [0.4, 0.5) is 0 Å². The molecule has 0 aromatic heterocycles. The number of fused-ring (bicyclic) bond motifs is 1. The standard InChI is InChI=1S/C11H14O2S2/c1-7-3-8(2)10-9(4-7)14-11(5-12,6-13)15-10/h3-4,12-13H,5-6H2,1-2H3. The van der Waals surface area contributed by atoms with E-state index in [0.717, 1.165) is 0 Å². The summed E-state index contributed by atoms with van der Waals surface area (Å²) in [6, 6.07) is 4.25.